The first-order valence-corrected chi connectivity index (χ1v) is 9.94. The number of anilines is 1. The third kappa shape index (κ3) is 6.27. The first kappa shape index (κ1) is 22.3. The van der Waals surface area contributed by atoms with Gasteiger partial charge in [0.25, 0.3) is 5.56 Å². The lowest BCUT2D eigenvalue weighted by Crippen LogP contribution is -2.33. The van der Waals surface area contributed by atoms with E-state index in [9.17, 15) is 14.7 Å². The molecule has 1 heterocycles. The van der Waals surface area contributed by atoms with Gasteiger partial charge in [0.1, 0.15) is 42.0 Å². The van der Waals surface area contributed by atoms with E-state index >= 15 is 0 Å². The number of carbonyl (C=O) groups excluding carboxylic acids is 1. The van der Waals surface area contributed by atoms with Crippen LogP contribution in [-0.2, 0) is 4.79 Å². The predicted octanol–water partition coefficient (Wildman–Crippen LogP) is 1.60. The zero-order chi connectivity index (χ0) is 22.2. The Kier molecular flexibility index (Phi) is 7.58. The van der Waals surface area contributed by atoms with Crippen molar-refractivity contribution in [3.05, 3.63) is 58.5 Å². The summed E-state index contributed by atoms with van der Waals surface area (Å²) in [6.07, 6.45) is -0.745. The second kappa shape index (κ2) is 10.6. The SMILES string of the molecule is CC(=O)Nc1ccccc1OCCNCC(O)COc1cccc2[nH]c(=O)c(C)nc12. The Balaban J connectivity index is 1.43. The highest BCUT2D eigenvalue weighted by atomic mass is 16.5. The van der Waals surface area contributed by atoms with E-state index in [1.165, 1.54) is 6.92 Å². The number of aliphatic hydroxyl groups is 1. The molecule has 0 radical (unpaired) electrons. The molecule has 0 spiro atoms. The highest BCUT2D eigenvalue weighted by Crippen LogP contribution is 2.23. The molecule has 1 aromatic heterocycles. The second-order valence-corrected chi connectivity index (χ2v) is 7.00. The number of fused-ring (bicyclic) bond motifs is 1. The van der Waals surface area contributed by atoms with Crippen molar-refractivity contribution >= 4 is 22.6 Å². The number of amides is 1. The number of H-pyrrole nitrogens is 1. The largest absolute Gasteiger partial charge is 0.490 e. The number of aromatic amines is 1. The van der Waals surface area contributed by atoms with Gasteiger partial charge in [-0.15, -0.1) is 0 Å². The van der Waals surface area contributed by atoms with Gasteiger partial charge in [-0.3, -0.25) is 9.59 Å². The lowest BCUT2D eigenvalue weighted by atomic mass is 10.2. The van der Waals surface area contributed by atoms with Crippen LogP contribution >= 0.6 is 0 Å². The van der Waals surface area contributed by atoms with Crippen molar-refractivity contribution in [1.82, 2.24) is 15.3 Å². The smallest absolute Gasteiger partial charge is 0.269 e. The summed E-state index contributed by atoms with van der Waals surface area (Å²) in [6.45, 7) is 4.32. The van der Waals surface area contributed by atoms with Gasteiger partial charge < -0.3 is 30.2 Å². The predicted molar refractivity (Wildman–Crippen MR) is 118 cm³/mol. The van der Waals surface area contributed by atoms with Gasteiger partial charge in [-0.1, -0.05) is 18.2 Å². The van der Waals surface area contributed by atoms with Crippen LogP contribution in [0.15, 0.2) is 47.3 Å². The molecule has 9 heteroatoms. The van der Waals surface area contributed by atoms with Gasteiger partial charge in [0, 0.05) is 20.0 Å². The van der Waals surface area contributed by atoms with Crippen molar-refractivity contribution in [2.45, 2.75) is 20.0 Å². The van der Waals surface area contributed by atoms with Crippen molar-refractivity contribution in [2.75, 3.05) is 31.6 Å². The molecule has 3 rings (SSSR count). The van der Waals surface area contributed by atoms with E-state index in [-0.39, 0.29) is 18.1 Å². The molecule has 0 bridgehead atoms. The van der Waals surface area contributed by atoms with Crippen LogP contribution in [0, 0.1) is 6.92 Å². The minimum absolute atomic E-state index is 0.0676. The molecule has 1 unspecified atom stereocenters. The quantitative estimate of drug-likeness (QED) is 0.363. The monoisotopic (exact) mass is 426 g/mol. The Morgan fingerprint density at radius 1 is 1.16 bits per heavy atom. The Morgan fingerprint density at radius 3 is 2.74 bits per heavy atom. The molecule has 164 valence electrons. The van der Waals surface area contributed by atoms with E-state index in [0.29, 0.717) is 53.6 Å². The fourth-order valence-corrected chi connectivity index (χ4v) is 2.92. The fraction of sp³-hybridized carbons (Fsp3) is 0.318. The topological polar surface area (TPSA) is 126 Å². The Morgan fingerprint density at radius 2 is 1.94 bits per heavy atom. The maximum absolute atomic E-state index is 11.7. The summed E-state index contributed by atoms with van der Waals surface area (Å²) in [5, 5.41) is 16.0. The summed E-state index contributed by atoms with van der Waals surface area (Å²) in [4.78, 5) is 30.0. The number of aryl methyl sites for hydroxylation is 1. The zero-order valence-corrected chi connectivity index (χ0v) is 17.5. The molecule has 31 heavy (non-hydrogen) atoms. The van der Waals surface area contributed by atoms with Gasteiger partial charge in [-0.05, 0) is 31.2 Å². The molecular weight excluding hydrogens is 400 g/mol. The summed E-state index contributed by atoms with van der Waals surface area (Å²) >= 11 is 0. The van der Waals surface area contributed by atoms with E-state index in [2.05, 4.69) is 20.6 Å². The van der Waals surface area contributed by atoms with Gasteiger partial charge in [0.15, 0.2) is 0 Å². The third-order valence-corrected chi connectivity index (χ3v) is 4.40. The lowest BCUT2D eigenvalue weighted by molar-refractivity contribution is -0.114. The van der Waals surface area contributed by atoms with Gasteiger partial charge >= 0.3 is 0 Å². The van der Waals surface area contributed by atoms with Crippen LogP contribution in [0.2, 0.25) is 0 Å². The van der Waals surface area contributed by atoms with Gasteiger partial charge in [0.05, 0.1) is 11.2 Å². The number of para-hydroxylation sites is 3. The van der Waals surface area contributed by atoms with Crippen LogP contribution in [0.1, 0.15) is 12.6 Å². The van der Waals surface area contributed by atoms with E-state index in [1.807, 2.05) is 12.1 Å². The van der Waals surface area contributed by atoms with Crippen molar-refractivity contribution in [1.29, 1.82) is 0 Å². The number of carbonyl (C=O) groups is 1. The first-order valence-electron chi connectivity index (χ1n) is 9.94. The van der Waals surface area contributed by atoms with Crippen LogP contribution in [0.4, 0.5) is 5.69 Å². The van der Waals surface area contributed by atoms with Crippen LogP contribution in [0.3, 0.4) is 0 Å². The molecule has 9 nitrogen and oxygen atoms in total. The van der Waals surface area contributed by atoms with Gasteiger partial charge in [-0.2, -0.15) is 0 Å². The van der Waals surface area contributed by atoms with Gasteiger partial charge in [0.2, 0.25) is 5.91 Å². The third-order valence-electron chi connectivity index (χ3n) is 4.40. The maximum Gasteiger partial charge on any atom is 0.269 e. The minimum atomic E-state index is -0.745. The Hall–Kier alpha value is -3.43. The number of aliphatic hydroxyl groups excluding tert-OH is 1. The number of hydrogen-bond acceptors (Lipinski definition) is 7. The van der Waals surface area contributed by atoms with E-state index < -0.39 is 6.10 Å². The first-order chi connectivity index (χ1) is 14.9. The van der Waals surface area contributed by atoms with Crippen LogP contribution < -0.4 is 25.7 Å². The van der Waals surface area contributed by atoms with E-state index in [4.69, 9.17) is 9.47 Å². The van der Waals surface area contributed by atoms with E-state index in [1.54, 1.807) is 37.3 Å². The molecular formula is C22H26N4O5. The molecule has 3 aromatic rings. The number of ether oxygens (including phenoxy) is 2. The van der Waals surface area contributed by atoms with Crippen molar-refractivity contribution in [3.8, 4) is 11.5 Å². The average Bonchev–Trinajstić information content (AvgIpc) is 2.73. The second-order valence-electron chi connectivity index (χ2n) is 7.00. The number of nitrogens with one attached hydrogen (secondary N) is 3. The average molecular weight is 426 g/mol. The molecule has 0 aliphatic rings. The zero-order valence-electron chi connectivity index (χ0n) is 17.5. The number of nitrogens with zero attached hydrogens (tertiary/aromatic N) is 1. The normalized spacial score (nSPS) is 11.8. The molecule has 0 saturated heterocycles. The summed E-state index contributed by atoms with van der Waals surface area (Å²) in [5.74, 6) is 0.911. The number of hydrogen-bond donors (Lipinski definition) is 4. The molecule has 1 atom stereocenters. The van der Waals surface area contributed by atoms with Crippen LogP contribution in [0.5, 0.6) is 11.5 Å². The number of benzene rings is 2. The van der Waals surface area contributed by atoms with Crippen molar-refractivity contribution in [3.63, 3.8) is 0 Å². The molecule has 0 aliphatic heterocycles. The van der Waals surface area contributed by atoms with Crippen LogP contribution in [-0.4, -0.2) is 53.4 Å². The molecule has 2 aromatic carbocycles. The minimum Gasteiger partial charge on any atom is -0.490 e. The molecule has 4 N–H and O–H groups in total. The lowest BCUT2D eigenvalue weighted by Gasteiger charge is -2.15. The molecule has 0 fully saturated rings. The number of aromatic nitrogens is 2. The fourth-order valence-electron chi connectivity index (χ4n) is 2.92. The summed E-state index contributed by atoms with van der Waals surface area (Å²) in [7, 11) is 0. The highest BCUT2D eigenvalue weighted by molar-refractivity contribution is 5.90. The Bertz CT molecular complexity index is 1100. The molecule has 0 saturated carbocycles. The standard InChI is InChI=1S/C22H26N4O5/c1-14-22(29)26-18-7-5-9-20(21(18)24-14)31-13-16(28)12-23-10-11-30-19-8-4-3-6-17(19)25-15(2)27/h3-9,16,23,28H,10-13H2,1-2H3,(H,25,27)(H,26,29). The van der Waals surface area contributed by atoms with Crippen molar-refractivity contribution in [2.24, 2.45) is 0 Å². The molecule has 1 amide bonds. The van der Waals surface area contributed by atoms with Crippen LogP contribution in [0.25, 0.3) is 11.0 Å². The van der Waals surface area contributed by atoms with E-state index in [0.717, 1.165) is 0 Å². The Labute approximate surface area is 179 Å². The van der Waals surface area contributed by atoms with Crippen molar-refractivity contribution < 1.29 is 19.4 Å². The number of rotatable bonds is 10. The summed E-state index contributed by atoms with van der Waals surface area (Å²) in [6, 6.07) is 12.4. The molecule has 0 aliphatic carbocycles. The van der Waals surface area contributed by atoms with Gasteiger partial charge in [-0.25, -0.2) is 4.98 Å². The highest BCUT2D eigenvalue weighted by Gasteiger charge is 2.10. The summed E-state index contributed by atoms with van der Waals surface area (Å²) < 4.78 is 11.4. The maximum atomic E-state index is 11.7. The summed E-state index contributed by atoms with van der Waals surface area (Å²) in [5.41, 5.74) is 1.86.